The van der Waals surface area contributed by atoms with Crippen molar-refractivity contribution in [3.63, 3.8) is 0 Å². The quantitative estimate of drug-likeness (QED) is 0.355. The van der Waals surface area contributed by atoms with Crippen LogP contribution in [0.5, 0.6) is 0 Å². The first-order valence-electron chi connectivity index (χ1n) is 5.16. The monoisotopic (exact) mass is 225 g/mol. The minimum Gasteiger partial charge on any atom is -0.409 e. The third-order valence-corrected chi connectivity index (χ3v) is 2.46. The summed E-state index contributed by atoms with van der Waals surface area (Å²) in [5.74, 6) is -0.460. The van der Waals surface area contributed by atoms with Gasteiger partial charge in [-0.2, -0.15) is 0 Å². The van der Waals surface area contributed by atoms with Gasteiger partial charge in [0.15, 0.2) is 5.84 Å². The van der Waals surface area contributed by atoms with Gasteiger partial charge in [-0.25, -0.2) is 4.39 Å². The Morgan fingerprint density at radius 2 is 2.06 bits per heavy atom. The van der Waals surface area contributed by atoms with E-state index in [1.807, 2.05) is 18.7 Å². The number of amidine groups is 1. The van der Waals surface area contributed by atoms with Crippen LogP contribution in [0.25, 0.3) is 0 Å². The van der Waals surface area contributed by atoms with Crippen molar-refractivity contribution in [2.45, 2.75) is 13.8 Å². The van der Waals surface area contributed by atoms with E-state index in [2.05, 4.69) is 5.16 Å². The number of oxime groups is 1. The van der Waals surface area contributed by atoms with Gasteiger partial charge < -0.3 is 15.8 Å². The van der Waals surface area contributed by atoms with Crippen molar-refractivity contribution < 1.29 is 9.60 Å². The summed E-state index contributed by atoms with van der Waals surface area (Å²) in [5, 5.41) is 11.3. The van der Waals surface area contributed by atoms with E-state index >= 15 is 0 Å². The van der Waals surface area contributed by atoms with E-state index in [4.69, 9.17) is 10.9 Å². The molecule has 0 saturated carbocycles. The summed E-state index contributed by atoms with van der Waals surface area (Å²) in [6.45, 7) is 5.38. The molecule has 1 aromatic carbocycles. The number of anilines is 1. The Balaban J connectivity index is 3.09. The first-order valence-corrected chi connectivity index (χ1v) is 5.16. The predicted octanol–water partition coefficient (Wildman–Crippen LogP) is 1.77. The Labute approximate surface area is 94.2 Å². The van der Waals surface area contributed by atoms with E-state index < -0.39 is 0 Å². The number of hydrogen-bond acceptors (Lipinski definition) is 3. The number of nitrogens with zero attached hydrogens (tertiary/aromatic N) is 2. The van der Waals surface area contributed by atoms with Crippen LogP contribution < -0.4 is 10.6 Å². The zero-order valence-electron chi connectivity index (χ0n) is 9.44. The molecule has 0 heterocycles. The Bertz CT molecular complexity index is 389. The highest BCUT2D eigenvalue weighted by atomic mass is 19.1. The molecule has 0 radical (unpaired) electrons. The van der Waals surface area contributed by atoms with Crippen molar-refractivity contribution in [3.8, 4) is 0 Å². The Hall–Kier alpha value is -1.78. The topological polar surface area (TPSA) is 61.8 Å². The lowest BCUT2D eigenvalue weighted by Crippen LogP contribution is -2.23. The SMILES string of the molecule is CCN(CC)c1ccc(/C(N)=N/O)cc1F. The number of halogens is 1. The average Bonchev–Trinajstić information content (AvgIpc) is 2.31. The standard InChI is InChI=1S/C11H16FN3O/c1-3-15(4-2)10-6-5-8(7-9(10)12)11(13)14-16/h5-7,16H,3-4H2,1-2H3,(H2,13,14). The largest absolute Gasteiger partial charge is 0.409 e. The van der Waals surface area contributed by atoms with Gasteiger partial charge in [0.1, 0.15) is 5.82 Å². The molecule has 3 N–H and O–H groups in total. The van der Waals surface area contributed by atoms with Gasteiger partial charge in [-0.3, -0.25) is 0 Å². The van der Waals surface area contributed by atoms with Crippen molar-refractivity contribution in [1.29, 1.82) is 0 Å². The lowest BCUT2D eigenvalue weighted by molar-refractivity contribution is 0.318. The summed E-state index contributed by atoms with van der Waals surface area (Å²) >= 11 is 0. The van der Waals surface area contributed by atoms with Crippen LogP contribution >= 0.6 is 0 Å². The number of rotatable bonds is 4. The van der Waals surface area contributed by atoms with E-state index in [9.17, 15) is 4.39 Å². The third-order valence-electron chi connectivity index (χ3n) is 2.46. The predicted molar refractivity (Wildman–Crippen MR) is 62.5 cm³/mol. The van der Waals surface area contributed by atoms with Crippen molar-refractivity contribution in [2.24, 2.45) is 10.9 Å². The van der Waals surface area contributed by atoms with Gasteiger partial charge in [-0.05, 0) is 32.0 Å². The zero-order chi connectivity index (χ0) is 12.1. The molecule has 5 heteroatoms. The second kappa shape index (κ2) is 5.34. The number of hydrogen-bond donors (Lipinski definition) is 2. The molecule has 0 aliphatic carbocycles. The molecule has 0 aliphatic rings. The zero-order valence-corrected chi connectivity index (χ0v) is 9.44. The van der Waals surface area contributed by atoms with E-state index in [1.54, 1.807) is 12.1 Å². The van der Waals surface area contributed by atoms with Crippen molar-refractivity contribution in [1.82, 2.24) is 0 Å². The summed E-state index contributed by atoms with van der Waals surface area (Å²) in [6.07, 6.45) is 0. The summed E-state index contributed by atoms with van der Waals surface area (Å²) in [7, 11) is 0. The average molecular weight is 225 g/mol. The smallest absolute Gasteiger partial charge is 0.170 e. The molecule has 0 amide bonds. The Morgan fingerprint density at radius 1 is 1.44 bits per heavy atom. The van der Waals surface area contributed by atoms with Crippen LogP contribution in [0, 0.1) is 5.82 Å². The highest BCUT2D eigenvalue weighted by Gasteiger charge is 2.10. The van der Waals surface area contributed by atoms with E-state index in [0.717, 1.165) is 13.1 Å². The summed E-state index contributed by atoms with van der Waals surface area (Å²) in [6, 6.07) is 4.53. The number of benzene rings is 1. The van der Waals surface area contributed by atoms with Crippen molar-refractivity contribution >= 4 is 11.5 Å². The molecular formula is C11H16FN3O. The molecule has 0 fully saturated rings. The first kappa shape index (κ1) is 12.3. The molecule has 0 atom stereocenters. The fraction of sp³-hybridized carbons (Fsp3) is 0.364. The van der Waals surface area contributed by atoms with Crippen LogP contribution in [0.3, 0.4) is 0 Å². The maximum absolute atomic E-state index is 13.7. The van der Waals surface area contributed by atoms with Gasteiger partial charge in [-0.1, -0.05) is 5.16 Å². The molecule has 0 saturated heterocycles. The van der Waals surface area contributed by atoms with Crippen LogP contribution in [-0.2, 0) is 0 Å². The van der Waals surface area contributed by atoms with Gasteiger partial charge in [0.2, 0.25) is 0 Å². The maximum Gasteiger partial charge on any atom is 0.170 e. The molecule has 0 aromatic heterocycles. The van der Waals surface area contributed by atoms with Crippen LogP contribution in [0.2, 0.25) is 0 Å². The van der Waals surface area contributed by atoms with Gasteiger partial charge in [-0.15, -0.1) is 0 Å². The van der Waals surface area contributed by atoms with Gasteiger partial charge in [0.05, 0.1) is 5.69 Å². The molecule has 0 spiro atoms. The highest BCUT2D eigenvalue weighted by Crippen LogP contribution is 2.20. The molecule has 4 nitrogen and oxygen atoms in total. The van der Waals surface area contributed by atoms with Crippen LogP contribution in [0.4, 0.5) is 10.1 Å². The minimum absolute atomic E-state index is 0.0926. The molecule has 1 aromatic rings. The van der Waals surface area contributed by atoms with Crippen molar-refractivity contribution in [2.75, 3.05) is 18.0 Å². The summed E-state index contributed by atoms with van der Waals surface area (Å²) < 4.78 is 13.7. The van der Waals surface area contributed by atoms with Gasteiger partial charge >= 0.3 is 0 Å². The molecule has 0 bridgehead atoms. The van der Waals surface area contributed by atoms with E-state index in [1.165, 1.54) is 6.07 Å². The van der Waals surface area contributed by atoms with Crippen LogP contribution in [0.1, 0.15) is 19.4 Å². The molecule has 0 unspecified atom stereocenters. The Kier molecular flexibility index (Phi) is 4.10. The van der Waals surface area contributed by atoms with Crippen molar-refractivity contribution in [3.05, 3.63) is 29.6 Å². The van der Waals surface area contributed by atoms with Crippen LogP contribution in [-0.4, -0.2) is 24.1 Å². The first-order chi connectivity index (χ1) is 7.63. The van der Waals surface area contributed by atoms with E-state index in [0.29, 0.717) is 11.3 Å². The fourth-order valence-electron chi connectivity index (χ4n) is 1.54. The molecule has 88 valence electrons. The second-order valence-electron chi connectivity index (χ2n) is 3.32. The molecule has 1 rings (SSSR count). The normalized spacial score (nSPS) is 11.6. The number of nitrogens with two attached hydrogens (primary N) is 1. The lowest BCUT2D eigenvalue weighted by Gasteiger charge is -2.21. The van der Waals surface area contributed by atoms with Gasteiger partial charge in [0, 0.05) is 18.7 Å². The fourth-order valence-corrected chi connectivity index (χ4v) is 1.54. The molecular weight excluding hydrogens is 209 g/mol. The molecule has 0 aliphatic heterocycles. The van der Waals surface area contributed by atoms with E-state index in [-0.39, 0.29) is 11.7 Å². The highest BCUT2D eigenvalue weighted by molar-refractivity contribution is 5.97. The minimum atomic E-state index is -0.368. The second-order valence-corrected chi connectivity index (χ2v) is 3.32. The summed E-state index contributed by atoms with van der Waals surface area (Å²) in [4.78, 5) is 1.89. The van der Waals surface area contributed by atoms with Crippen LogP contribution in [0.15, 0.2) is 23.4 Å². The van der Waals surface area contributed by atoms with Gasteiger partial charge in [0.25, 0.3) is 0 Å². The molecule has 16 heavy (non-hydrogen) atoms. The maximum atomic E-state index is 13.7. The lowest BCUT2D eigenvalue weighted by atomic mass is 10.1. The third kappa shape index (κ3) is 2.42. The summed E-state index contributed by atoms with van der Waals surface area (Å²) in [5.41, 5.74) is 6.27. The Morgan fingerprint density at radius 3 is 2.50 bits per heavy atom.